The molecule has 1 saturated heterocycles. The molecule has 0 radical (unpaired) electrons. The zero-order chi connectivity index (χ0) is 13.7. The van der Waals surface area contributed by atoms with Crippen LogP contribution in [-0.2, 0) is 4.74 Å². The van der Waals surface area contributed by atoms with E-state index in [2.05, 4.69) is 28.2 Å². The topological polar surface area (TPSA) is 30.5 Å². The van der Waals surface area contributed by atoms with Gasteiger partial charge in [0.05, 0.1) is 17.2 Å². The van der Waals surface area contributed by atoms with Crippen LogP contribution in [0.25, 0.3) is 0 Å². The summed E-state index contributed by atoms with van der Waals surface area (Å²) in [5.74, 6) is 0.712. The van der Waals surface area contributed by atoms with Crippen LogP contribution < -0.4 is 10.1 Å². The van der Waals surface area contributed by atoms with Gasteiger partial charge in [0.25, 0.3) is 0 Å². The van der Waals surface area contributed by atoms with Gasteiger partial charge >= 0.3 is 0 Å². The fourth-order valence-corrected chi connectivity index (χ4v) is 2.86. The molecule has 1 fully saturated rings. The molecule has 1 aromatic rings. The van der Waals surface area contributed by atoms with E-state index >= 15 is 0 Å². The van der Waals surface area contributed by atoms with Crippen molar-refractivity contribution in [1.29, 1.82) is 0 Å². The summed E-state index contributed by atoms with van der Waals surface area (Å²) in [6, 6.07) is 5.63. The van der Waals surface area contributed by atoms with E-state index in [1.165, 1.54) is 0 Å². The maximum atomic E-state index is 6.11. The first-order valence-electron chi connectivity index (χ1n) is 6.63. The maximum absolute atomic E-state index is 6.11. The molecule has 0 bridgehead atoms. The SMILES string of the molecule is CCNCC1CCC(COc2ccc(Br)cc2Cl)O1. The summed E-state index contributed by atoms with van der Waals surface area (Å²) < 4.78 is 12.6. The molecular formula is C14H19BrClNO2. The molecule has 0 aromatic heterocycles. The number of hydrogen-bond donors (Lipinski definition) is 1. The van der Waals surface area contributed by atoms with Gasteiger partial charge < -0.3 is 14.8 Å². The summed E-state index contributed by atoms with van der Waals surface area (Å²) in [4.78, 5) is 0. The Morgan fingerprint density at radius 1 is 1.42 bits per heavy atom. The van der Waals surface area contributed by atoms with E-state index in [-0.39, 0.29) is 6.10 Å². The predicted molar refractivity (Wildman–Crippen MR) is 81.1 cm³/mol. The molecule has 5 heteroatoms. The predicted octanol–water partition coefficient (Wildman–Crippen LogP) is 3.64. The molecule has 0 saturated carbocycles. The van der Waals surface area contributed by atoms with Gasteiger partial charge in [-0.2, -0.15) is 0 Å². The quantitative estimate of drug-likeness (QED) is 0.851. The second kappa shape index (κ2) is 7.48. The van der Waals surface area contributed by atoms with Crippen molar-refractivity contribution in [2.75, 3.05) is 19.7 Å². The highest BCUT2D eigenvalue weighted by Crippen LogP contribution is 2.28. The van der Waals surface area contributed by atoms with Crippen LogP contribution in [0.1, 0.15) is 19.8 Å². The lowest BCUT2D eigenvalue weighted by Gasteiger charge is -2.15. The van der Waals surface area contributed by atoms with E-state index in [1.807, 2.05) is 18.2 Å². The molecule has 2 rings (SSSR count). The molecule has 1 aliphatic rings. The number of hydrogen-bond acceptors (Lipinski definition) is 3. The number of rotatable bonds is 6. The lowest BCUT2D eigenvalue weighted by Crippen LogP contribution is -2.28. The van der Waals surface area contributed by atoms with E-state index in [9.17, 15) is 0 Å². The van der Waals surface area contributed by atoms with Crippen molar-refractivity contribution in [1.82, 2.24) is 5.32 Å². The average molecular weight is 349 g/mol. The van der Waals surface area contributed by atoms with E-state index in [1.54, 1.807) is 0 Å². The molecule has 1 heterocycles. The molecule has 0 spiro atoms. The van der Waals surface area contributed by atoms with Gasteiger partial charge in [-0.1, -0.05) is 34.5 Å². The Hall–Kier alpha value is -0.290. The highest BCUT2D eigenvalue weighted by molar-refractivity contribution is 9.10. The zero-order valence-electron chi connectivity index (χ0n) is 11.0. The van der Waals surface area contributed by atoms with Gasteiger partial charge in [-0.25, -0.2) is 0 Å². The summed E-state index contributed by atoms with van der Waals surface area (Å²) in [6.45, 7) is 4.57. The van der Waals surface area contributed by atoms with Gasteiger partial charge in [-0.05, 0) is 37.6 Å². The van der Waals surface area contributed by atoms with Crippen LogP contribution in [0, 0.1) is 0 Å². The largest absolute Gasteiger partial charge is 0.489 e. The fourth-order valence-electron chi connectivity index (χ4n) is 2.13. The van der Waals surface area contributed by atoms with E-state index in [0.717, 1.165) is 30.4 Å². The summed E-state index contributed by atoms with van der Waals surface area (Å²) >= 11 is 9.48. The zero-order valence-corrected chi connectivity index (χ0v) is 13.3. The lowest BCUT2D eigenvalue weighted by molar-refractivity contribution is 0.0188. The number of benzene rings is 1. The number of halogens is 2. The van der Waals surface area contributed by atoms with Crippen molar-refractivity contribution >= 4 is 27.5 Å². The minimum atomic E-state index is 0.170. The van der Waals surface area contributed by atoms with Gasteiger partial charge in [0, 0.05) is 11.0 Å². The highest BCUT2D eigenvalue weighted by atomic mass is 79.9. The first kappa shape index (κ1) is 15.1. The molecular weight excluding hydrogens is 330 g/mol. The van der Waals surface area contributed by atoms with Crippen molar-refractivity contribution in [3.8, 4) is 5.75 Å². The molecule has 106 valence electrons. The Labute approximate surface area is 127 Å². The van der Waals surface area contributed by atoms with Gasteiger partial charge in [0.1, 0.15) is 12.4 Å². The first-order chi connectivity index (χ1) is 9.19. The van der Waals surface area contributed by atoms with E-state index in [0.29, 0.717) is 23.5 Å². The summed E-state index contributed by atoms with van der Waals surface area (Å²) in [7, 11) is 0. The smallest absolute Gasteiger partial charge is 0.138 e. The molecule has 1 aromatic carbocycles. The third kappa shape index (κ3) is 4.63. The number of ether oxygens (including phenoxy) is 2. The Balaban J connectivity index is 1.77. The molecule has 2 atom stereocenters. The van der Waals surface area contributed by atoms with Gasteiger partial charge in [0.2, 0.25) is 0 Å². The van der Waals surface area contributed by atoms with Crippen LogP contribution in [0.4, 0.5) is 0 Å². The van der Waals surface area contributed by atoms with Gasteiger partial charge in [-0.3, -0.25) is 0 Å². The third-order valence-electron chi connectivity index (χ3n) is 3.14. The van der Waals surface area contributed by atoms with Crippen LogP contribution in [0.15, 0.2) is 22.7 Å². The van der Waals surface area contributed by atoms with E-state index in [4.69, 9.17) is 21.1 Å². The number of likely N-dealkylation sites (N-methyl/N-ethyl adjacent to an activating group) is 1. The minimum Gasteiger partial charge on any atom is -0.489 e. The Bertz CT molecular complexity index is 416. The Morgan fingerprint density at radius 2 is 2.21 bits per heavy atom. The van der Waals surface area contributed by atoms with Crippen molar-refractivity contribution in [2.45, 2.75) is 32.0 Å². The van der Waals surface area contributed by atoms with Crippen molar-refractivity contribution < 1.29 is 9.47 Å². The third-order valence-corrected chi connectivity index (χ3v) is 3.92. The molecule has 1 aliphatic heterocycles. The summed E-state index contributed by atoms with van der Waals surface area (Å²) in [6.07, 6.45) is 2.62. The fraction of sp³-hybridized carbons (Fsp3) is 0.571. The molecule has 3 nitrogen and oxygen atoms in total. The highest BCUT2D eigenvalue weighted by Gasteiger charge is 2.25. The summed E-state index contributed by atoms with van der Waals surface area (Å²) in [5.41, 5.74) is 0. The van der Waals surface area contributed by atoms with Crippen LogP contribution in [0.5, 0.6) is 5.75 Å². The molecule has 19 heavy (non-hydrogen) atoms. The molecule has 2 unspecified atom stereocenters. The van der Waals surface area contributed by atoms with Gasteiger partial charge in [0.15, 0.2) is 0 Å². The lowest BCUT2D eigenvalue weighted by atomic mass is 10.2. The van der Waals surface area contributed by atoms with Crippen LogP contribution in [0.2, 0.25) is 5.02 Å². The number of nitrogens with one attached hydrogen (secondary N) is 1. The van der Waals surface area contributed by atoms with Crippen LogP contribution in [-0.4, -0.2) is 31.9 Å². The maximum Gasteiger partial charge on any atom is 0.138 e. The normalized spacial score (nSPS) is 22.7. The minimum absolute atomic E-state index is 0.170. The monoisotopic (exact) mass is 347 g/mol. The molecule has 1 N–H and O–H groups in total. The standard InChI is InChI=1S/C14H19BrClNO2/c1-2-17-8-11-4-5-12(19-11)9-18-14-6-3-10(15)7-13(14)16/h3,6-7,11-12,17H,2,4-5,8-9H2,1H3. The Kier molecular flexibility index (Phi) is 5.95. The van der Waals surface area contributed by atoms with Crippen LogP contribution in [0.3, 0.4) is 0 Å². The second-order valence-electron chi connectivity index (χ2n) is 4.65. The van der Waals surface area contributed by atoms with Crippen molar-refractivity contribution in [2.24, 2.45) is 0 Å². The Morgan fingerprint density at radius 3 is 2.95 bits per heavy atom. The second-order valence-corrected chi connectivity index (χ2v) is 5.97. The van der Waals surface area contributed by atoms with Gasteiger partial charge in [-0.15, -0.1) is 0 Å². The first-order valence-corrected chi connectivity index (χ1v) is 7.80. The van der Waals surface area contributed by atoms with Crippen molar-refractivity contribution in [3.63, 3.8) is 0 Å². The molecule has 0 aliphatic carbocycles. The van der Waals surface area contributed by atoms with Crippen LogP contribution >= 0.6 is 27.5 Å². The van der Waals surface area contributed by atoms with E-state index < -0.39 is 0 Å². The summed E-state index contributed by atoms with van der Waals surface area (Å²) in [5, 5.41) is 3.93. The van der Waals surface area contributed by atoms with Crippen molar-refractivity contribution in [3.05, 3.63) is 27.7 Å². The average Bonchev–Trinajstić information content (AvgIpc) is 2.83. The molecule has 0 amide bonds.